The van der Waals surface area contributed by atoms with Gasteiger partial charge in [0.1, 0.15) is 24.1 Å². The van der Waals surface area contributed by atoms with E-state index in [1.54, 1.807) is 49.6 Å². The Kier molecular flexibility index (Phi) is 11.5. The lowest BCUT2D eigenvalue weighted by molar-refractivity contribution is -0.141. The van der Waals surface area contributed by atoms with E-state index in [1.807, 2.05) is 40.7 Å². The van der Waals surface area contributed by atoms with Crippen molar-refractivity contribution < 1.29 is 27.5 Å². The maximum atomic E-state index is 14.2. The zero-order valence-corrected chi connectivity index (χ0v) is 27.0. The first-order chi connectivity index (χ1) is 20.3. The first-order valence-electron chi connectivity index (χ1n) is 14.0. The fourth-order valence-corrected chi connectivity index (χ4v) is 6.02. The molecule has 9 nitrogen and oxygen atoms in total. The minimum Gasteiger partial charge on any atom is -0.497 e. The van der Waals surface area contributed by atoms with Crippen LogP contribution in [0.15, 0.2) is 77.7 Å². The summed E-state index contributed by atoms with van der Waals surface area (Å²) in [4.78, 5) is 29.1. The standard InChI is InChI=1S/C32H40ClN3O6S/c1-7-29(31(38)34-32(3,4)5)35(21-23-10-9-11-27(20-23)41-6)30(37)22-36(25-14-16-26(17-15-25)42-8-2)43(39,40)28-18-12-24(33)13-19-28/h9-20,29H,7-8,21-22H2,1-6H3,(H,34,38)/t29-/m0/s1. The summed E-state index contributed by atoms with van der Waals surface area (Å²) in [5, 5.41) is 3.34. The molecule has 0 aliphatic carbocycles. The second kappa shape index (κ2) is 14.6. The molecule has 1 N–H and O–H groups in total. The SMILES string of the molecule is CCOc1ccc(N(CC(=O)N(Cc2cccc(OC)c2)[C@@H](CC)C(=O)NC(C)(C)C)S(=O)(=O)c2ccc(Cl)cc2)cc1. The molecule has 0 saturated heterocycles. The Labute approximate surface area is 259 Å². The third kappa shape index (κ3) is 9.11. The van der Waals surface area contributed by atoms with Crippen molar-refractivity contribution in [3.8, 4) is 11.5 Å². The van der Waals surface area contributed by atoms with Gasteiger partial charge in [0.2, 0.25) is 11.8 Å². The first-order valence-corrected chi connectivity index (χ1v) is 15.9. The van der Waals surface area contributed by atoms with Crippen LogP contribution in [-0.4, -0.2) is 57.0 Å². The van der Waals surface area contributed by atoms with Gasteiger partial charge in [-0.3, -0.25) is 13.9 Å². The van der Waals surface area contributed by atoms with Crippen molar-refractivity contribution in [1.29, 1.82) is 0 Å². The Morgan fingerprint density at radius 3 is 2.16 bits per heavy atom. The Hall–Kier alpha value is -3.76. The highest BCUT2D eigenvalue weighted by molar-refractivity contribution is 7.92. The van der Waals surface area contributed by atoms with Crippen LogP contribution in [0.5, 0.6) is 11.5 Å². The maximum Gasteiger partial charge on any atom is 0.264 e. The summed E-state index contributed by atoms with van der Waals surface area (Å²) in [6, 6.07) is 18.5. The van der Waals surface area contributed by atoms with Gasteiger partial charge in [-0.1, -0.05) is 30.7 Å². The molecular formula is C32H40ClN3O6S. The number of amides is 2. The van der Waals surface area contributed by atoms with E-state index in [0.717, 1.165) is 9.87 Å². The minimum atomic E-state index is -4.22. The van der Waals surface area contributed by atoms with Crippen molar-refractivity contribution in [3.05, 3.63) is 83.4 Å². The van der Waals surface area contributed by atoms with Crippen LogP contribution < -0.4 is 19.1 Å². The molecule has 0 fully saturated rings. The van der Waals surface area contributed by atoms with Crippen molar-refractivity contribution in [3.63, 3.8) is 0 Å². The quantitative estimate of drug-likeness (QED) is 0.261. The fraction of sp³-hybridized carbons (Fsp3) is 0.375. The largest absolute Gasteiger partial charge is 0.497 e. The van der Waals surface area contributed by atoms with Gasteiger partial charge in [-0.15, -0.1) is 0 Å². The van der Waals surface area contributed by atoms with Gasteiger partial charge < -0.3 is 19.7 Å². The number of methoxy groups -OCH3 is 1. The van der Waals surface area contributed by atoms with E-state index < -0.39 is 34.1 Å². The fourth-order valence-electron chi connectivity index (χ4n) is 4.48. The summed E-state index contributed by atoms with van der Waals surface area (Å²) < 4.78 is 39.9. The van der Waals surface area contributed by atoms with E-state index in [4.69, 9.17) is 21.1 Å². The van der Waals surface area contributed by atoms with Crippen molar-refractivity contribution in [2.24, 2.45) is 0 Å². The minimum absolute atomic E-state index is 0.0320. The van der Waals surface area contributed by atoms with Gasteiger partial charge in [-0.2, -0.15) is 0 Å². The number of halogens is 1. The smallest absolute Gasteiger partial charge is 0.264 e. The number of nitrogens with zero attached hydrogens (tertiary/aromatic N) is 2. The number of ether oxygens (including phenoxy) is 2. The van der Waals surface area contributed by atoms with Crippen LogP contribution in [0.4, 0.5) is 5.69 Å². The van der Waals surface area contributed by atoms with Crippen LogP contribution in [0.2, 0.25) is 5.02 Å². The molecule has 3 rings (SSSR count). The highest BCUT2D eigenvalue weighted by Crippen LogP contribution is 2.28. The number of anilines is 1. The monoisotopic (exact) mass is 629 g/mol. The summed E-state index contributed by atoms with van der Waals surface area (Å²) in [6.45, 7) is 9.19. The maximum absolute atomic E-state index is 14.2. The molecule has 0 spiro atoms. The van der Waals surface area contributed by atoms with Crippen LogP contribution in [0.3, 0.4) is 0 Å². The van der Waals surface area contributed by atoms with Crippen LogP contribution in [-0.2, 0) is 26.2 Å². The molecule has 0 aromatic heterocycles. The number of hydrogen-bond donors (Lipinski definition) is 1. The molecule has 3 aromatic carbocycles. The van der Waals surface area contributed by atoms with Gasteiger partial charge in [0, 0.05) is 17.1 Å². The average Bonchev–Trinajstić information content (AvgIpc) is 2.95. The lowest BCUT2D eigenvalue weighted by Crippen LogP contribution is -2.55. The Balaban J connectivity index is 2.08. The molecule has 0 heterocycles. The summed E-state index contributed by atoms with van der Waals surface area (Å²) in [5.41, 5.74) is 0.449. The number of nitrogens with one attached hydrogen (secondary N) is 1. The Morgan fingerprint density at radius 1 is 0.953 bits per heavy atom. The van der Waals surface area contributed by atoms with Gasteiger partial charge in [0.05, 0.1) is 24.3 Å². The van der Waals surface area contributed by atoms with Gasteiger partial charge in [-0.25, -0.2) is 8.42 Å². The van der Waals surface area contributed by atoms with Gasteiger partial charge in [0.25, 0.3) is 10.0 Å². The van der Waals surface area contributed by atoms with E-state index in [2.05, 4.69) is 5.32 Å². The topological polar surface area (TPSA) is 105 Å². The zero-order valence-electron chi connectivity index (χ0n) is 25.5. The predicted molar refractivity (Wildman–Crippen MR) is 169 cm³/mol. The van der Waals surface area contributed by atoms with Crippen molar-refractivity contribution in [2.75, 3.05) is 24.6 Å². The molecule has 0 aliphatic rings. The van der Waals surface area contributed by atoms with E-state index in [0.29, 0.717) is 29.5 Å². The Bertz CT molecular complexity index is 1490. The molecule has 43 heavy (non-hydrogen) atoms. The summed E-state index contributed by atoms with van der Waals surface area (Å²) in [6.07, 6.45) is 0.310. The number of sulfonamides is 1. The van der Waals surface area contributed by atoms with Crippen molar-refractivity contribution >= 4 is 39.1 Å². The second-order valence-corrected chi connectivity index (χ2v) is 13.2. The van der Waals surface area contributed by atoms with Crippen LogP contribution >= 0.6 is 11.6 Å². The van der Waals surface area contributed by atoms with Crippen LogP contribution in [0.25, 0.3) is 0 Å². The normalized spacial score (nSPS) is 12.3. The lowest BCUT2D eigenvalue weighted by Gasteiger charge is -2.34. The predicted octanol–water partition coefficient (Wildman–Crippen LogP) is 5.66. The molecule has 232 valence electrons. The molecular weight excluding hydrogens is 590 g/mol. The molecule has 0 bridgehead atoms. The third-order valence-electron chi connectivity index (χ3n) is 6.49. The third-order valence-corrected chi connectivity index (χ3v) is 8.53. The summed E-state index contributed by atoms with van der Waals surface area (Å²) >= 11 is 6.03. The van der Waals surface area contributed by atoms with Crippen LogP contribution in [0.1, 0.15) is 46.6 Å². The Morgan fingerprint density at radius 2 is 1.60 bits per heavy atom. The van der Waals surface area contributed by atoms with Gasteiger partial charge >= 0.3 is 0 Å². The van der Waals surface area contributed by atoms with E-state index in [-0.39, 0.29) is 23.0 Å². The highest BCUT2D eigenvalue weighted by Gasteiger charge is 2.34. The molecule has 0 saturated carbocycles. The van der Waals surface area contributed by atoms with E-state index >= 15 is 0 Å². The molecule has 2 amide bonds. The molecule has 0 radical (unpaired) electrons. The second-order valence-electron chi connectivity index (χ2n) is 10.9. The lowest BCUT2D eigenvalue weighted by atomic mass is 10.1. The average molecular weight is 630 g/mol. The summed E-state index contributed by atoms with van der Waals surface area (Å²) in [7, 11) is -2.68. The summed E-state index contributed by atoms with van der Waals surface area (Å²) in [5.74, 6) is 0.272. The van der Waals surface area contributed by atoms with Gasteiger partial charge in [0.15, 0.2) is 0 Å². The first kappa shape index (κ1) is 33.7. The number of carbonyl (C=O) groups excluding carboxylic acids is 2. The number of benzene rings is 3. The number of carbonyl (C=O) groups is 2. The number of rotatable bonds is 13. The van der Waals surface area contributed by atoms with Crippen molar-refractivity contribution in [2.45, 2.75) is 64.1 Å². The zero-order chi connectivity index (χ0) is 31.8. The van der Waals surface area contributed by atoms with Gasteiger partial charge in [-0.05, 0) is 100 Å². The molecule has 3 aromatic rings. The molecule has 11 heteroatoms. The highest BCUT2D eigenvalue weighted by atomic mass is 35.5. The molecule has 1 atom stereocenters. The van der Waals surface area contributed by atoms with Crippen LogP contribution in [0, 0.1) is 0 Å². The molecule has 0 unspecified atom stereocenters. The molecule has 0 aliphatic heterocycles. The van der Waals surface area contributed by atoms with E-state index in [9.17, 15) is 18.0 Å². The van der Waals surface area contributed by atoms with Crippen molar-refractivity contribution in [1.82, 2.24) is 10.2 Å². The van der Waals surface area contributed by atoms with E-state index in [1.165, 1.54) is 29.2 Å². The number of hydrogen-bond acceptors (Lipinski definition) is 6.